The first-order valence-electron chi connectivity index (χ1n) is 8.60. The van der Waals surface area contributed by atoms with E-state index in [9.17, 15) is 4.79 Å². The molecular weight excluding hydrogens is 264 g/mol. The third-order valence-corrected chi connectivity index (χ3v) is 5.26. The predicted octanol–water partition coefficient (Wildman–Crippen LogP) is 2.46. The molecule has 0 radical (unpaired) electrons. The van der Waals surface area contributed by atoms with E-state index in [1.54, 1.807) is 0 Å². The molecule has 4 atom stereocenters. The highest BCUT2D eigenvalue weighted by atomic mass is 16.5. The van der Waals surface area contributed by atoms with Gasteiger partial charge in [-0.25, -0.2) is 0 Å². The van der Waals surface area contributed by atoms with Gasteiger partial charge in [0.15, 0.2) is 0 Å². The SMILES string of the molecule is CC(C)C1OCCCC1CNC(=O)C1CCCCC1(C)N. The average molecular weight is 296 g/mol. The monoisotopic (exact) mass is 296 g/mol. The summed E-state index contributed by atoms with van der Waals surface area (Å²) < 4.78 is 5.89. The highest BCUT2D eigenvalue weighted by molar-refractivity contribution is 5.80. The van der Waals surface area contributed by atoms with Crippen LogP contribution in [0, 0.1) is 17.8 Å². The van der Waals surface area contributed by atoms with Crippen molar-refractivity contribution in [2.24, 2.45) is 23.5 Å². The number of hydrogen-bond donors (Lipinski definition) is 2. The van der Waals surface area contributed by atoms with E-state index in [0.717, 1.165) is 51.7 Å². The van der Waals surface area contributed by atoms with E-state index in [1.165, 1.54) is 0 Å². The lowest BCUT2D eigenvalue weighted by Gasteiger charge is -2.38. The van der Waals surface area contributed by atoms with Crippen LogP contribution in [0.5, 0.6) is 0 Å². The van der Waals surface area contributed by atoms with Crippen LogP contribution in [0.3, 0.4) is 0 Å². The number of nitrogens with one attached hydrogen (secondary N) is 1. The quantitative estimate of drug-likeness (QED) is 0.837. The number of carbonyl (C=O) groups is 1. The summed E-state index contributed by atoms with van der Waals surface area (Å²) in [4.78, 5) is 12.5. The van der Waals surface area contributed by atoms with E-state index in [1.807, 2.05) is 6.92 Å². The van der Waals surface area contributed by atoms with Crippen molar-refractivity contribution < 1.29 is 9.53 Å². The van der Waals surface area contributed by atoms with E-state index in [-0.39, 0.29) is 23.5 Å². The molecule has 1 aliphatic heterocycles. The Morgan fingerprint density at radius 2 is 2.10 bits per heavy atom. The van der Waals surface area contributed by atoms with Crippen LogP contribution < -0.4 is 11.1 Å². The smallest absolute Gasteiger partial charge is 0.224 e. The molecule has 3 N–H and O–H groups in total. The van der Waals surface area contributed by atoms with Gasteiger partial charge in [0.05, 0.1) is 12.0 Å². The third kappa shape index (κ3) is 4.19. The number of hydrogen-bond acceptors (Lipinski definition) is 3. The highest BCUT2D eigenvalue weighted by Gasteiger charge is 2.38. The molecule has 1 saturated heterocycles. The van der Waals surface area contributed by atoms with E-state index in [2.05, 4.69) is 19.2 Å². The van der Waals surface area contributed by atoms with Crippen LogP contribution in [-0.2, 0) is 9.53 Å². The number of carbonyl (C=O) groups excluding carboxylic acids is 1. The van der Waals surface area contributed by atoms with Crippen LogP contribution in [0.2, 0.25) is 0 Å². The molecular formula is C17H32N2O2. The second-order valence-electron chi connectivity index (χ2n) is 7.53. The summed E-state index contributed by atoms with van der Waals surface area (Å²) in [6.45, 7) is 8.01. The molecule has 4 unspecified atom stereocenters. The van der Waals surface area contributed by atoms with Gasteiger partial charge in [0, 0.05) is 24.6 Å². The molecule has 1 amide bonds. The molecule has 0 bridgehead atoms. The average Bonchev–Trinajstić information content (AvgIpc) is 2.44. The van der Waals surface area contributed by atoms with E-state index in [0.29, 0.717) is 11.8 Å². The maximum absolute atomic E-state index is 12.5. The number of ether oxygens (including phenoxy) is 1. The third-order valence-electron chi connectivity index (χ3n) is 5.26. The van der Waals surface area contributed by atoms with Gasteiger partial charge in [-0.05, 0) is 38.5 Å². The van der Waals surface area contributed by atoms with Gasteiger partial charge in [0.1, 0.15) is 0 Å². The minimum Gasteiger partial charge on any atom is -0.378 e. The Bertz CT molecular complexity index is 355. The second kappa shape index (κ2) is 7.10. The summed E-state index contributed by atoms with van der Waals surface area (Å²) in [7, 11) is 0. The van der Waals surface area contributed by atoms with Gasteiger partial charge in [-0.15, -0.1) is 0 Å². The zero-order valence-corrected chi connectivity index (χ0v) is 13.9. The van der Waals surface area contributed by atoms with E-state index in [4.69, 9.17) is 10.5 Å². The Balaban J connectivity index is 1.87. The minimum absolute atomic E-state index is 0.0340. The van der Waals surface area contributed by atoms with Crippen LogP contribution in [0.4, 0.5) is 0 Å². The van der Waals surface area contributed by atoms with Gasteiger partial charge in [-0.2, -0.15) is 0 Å². The van der Waals surface area contributed by atoms with E-state index >= 15 is 0 Å². The normalized spacial score (nSPS) is 37.5. The van der Waals surface area contributed by atoms with Gasteiger partial charge < -0.3 is 15.8 Å². The highest BCUT2D eigenvalue weighted by Crippen LogP contribution is 2.32. The van der Waals surface area contributed by atoms with Crippen molar-refractivity contribution in [3.05, 3.63) is 0 Å². The van der Waals surface area contributed by atoms with Gasteiger partial charge >= 0.3 is 0 Å². The lowest BCUT2D eigenvalue weighted by atomic mass is 9.74. The molecule has 2 fully saturated rings. The van der Waals surface area contributed by atoms with Crippen molar-refractivity contribution in [1.82, 2.24) is 5.32 Å². The fraction of sp³-hybridized carbons (Fsp3) is 0.941. The first-order valence-corrected chi connectivity index (χ1v) is 8.60. The number of amides is 1. The molecule has 0 aromatic carbocycles. The van der Waals surface area contributed by atoms with Crippen molar-refractivity contribution in [2.75, 3.05) is 13.2 Å². The van der Waals surface area contributed by atoms with Crippen molar-refractivity contribution in [3.63, 3.8) is 0 Å². The molecule has 4 nitrogen and oxygen atoms in total. The first-order chi connectivity index (χ1) is 9.92. The standard InChI is InChI=1S/C17H32N2O2/c1-12(2)15-13(7-6-10-21-15)11-19-16(20)14-8-4-5-9-17(14,3)18/h12-15H,4-11,18H2,1-3H3,(H,19,20). The molecule has 1 saturated carbocycles. The Morgan fingerprint density at radius 3 is 2.76 bits per heavy atom. The van der Waals surface area contributed by atoms with Gasteiger partial charge in [0.2, 0.25) is 5.91 Å². The fourth-order valence-electron chi connectivity index (χ4n) is 3.96. The van der Waals surface area contributed by atoms with Crippen LogP contribution in [0.15, 0.2) is 0 Å². The van der Waals surface area contributed by atoms with Crippen molar-refractivity contribution in [1.29, 1.82) is 0 Å². The molecule has 21 heavy (non-hydrogen) atoms. The Kier molecular flexibility index (Phi) is 5.67. The van der Waals surface area contributed by atoms with Crippen molar-refractivity contribution in [2.45, 2.75) is 70.9 Å². The Hall–Kier alpha value is -0.610. The zero-order chi connectivity index (χ0) is 15.5. The predicted molar refractivity (Wildman–Crippen MR) is 84.9 cm³/mol. The van der Waals surface area contributed by atoms with Crippen LogP contribution in [0.25, 0.3) is 0 Å². The lowest BCUT2D eigenvalue weighted by Crippen LogP contribution is -2.54. The Morgan fingerprint density at radius 1 is 1.33 bits per heavy atom. The summed E-state index contributed by atoms with van der Waals surface area (Å²) in [5.41, 5.74) is 5.98. The summed E-state index contributed by atoms with van der Waals surface area (Å²) >= 11 is 0. The maximum Gasteiger partial charge on any atom is 0.224 e. The molecule has 2 rings (SSSR count). The van der Waals surface area contributed by atoms with Gasteiger partial charge in [-0.3, -0.25) is 4.79 Å². The van der Waals surface area contributed by atoms with Crippen LogP contribution in [0.1, 0.15) is 59.3 Å². The van der Waals surface area contributed by atoms with Crippen LogP contribution >= 0.6 is 0 Å². The molecule has 0 aromatic rings. The van der Waals surface area contributed by atoms with E-state index < -0.39 is 0 Å². The maximum atomic E-state index is 12.5. The zero-order valence-electron chi connectivity index (χ0n) is 13.9. The summed E-state index contributed by atoms with van der Waals surface area (Å²) in [5, 5.41) is 3.16. The number of nitrogens with two attached hydrogens (primary N) is 1. The molecule has 4 heteroatoms. The first kappa shape index (κ1) is 16.8. The molecule has 1 aliphatic carbocycles. The van der Waals surface area contributed by atoms with Crippen molar-refractivity contribution in [3.8, 4) is 0 Å². The second-order valence-corrected chi connectivity index (χ2v) is 7.53. The van der Waals surface area contributed by atoms with Gasteiger partial charge in [-0.1, -0.05) is 26.7 Å². The Labute approximate surface area is 129 Å². The number of rotatable bonds is 4. The summed E-state index contributed by atoms with van der Waals surface area (Å²) in [6, 6.07) is 0. The van der Waals surface area contributed by atoms with Crippen LogP contribution in [-0.4, -0.2) is 30.7 Å². The molecule has 0 aromatic heterocycles. The molecule has 122 valence electrons. The minimum atomic E-state index is -0.344. The molecule has 1 heterocycles. The van der Waals surface area contributed by atoms with Crippen molar-refractivity contribution >= 4 is 5.91 Å². The lowest BCUT2D eigenvalue weighted by molar-refractivity contribution is -0.129. The van der Waals surface area contributed by atoms with Gasteiger partial charge in [0.25, 0.3) is 0 Å². The molecule has 0 spiro atoms. The molecule has 2 aliphatic rings. The largest absolute Gasteiger partial charge is 0.378 e. The fourth-order valence-corrected chi connectivity index (χ4v) is 3.96. The topological polar surface area (TPSA) is 64.3 Å². The summed E-state index contributed by atoms with van der Waals surface area (Å²) in [6.07, 6.45) is 6.65. The summed E-state index contributed by atoms with van der Waals surface area (Å²) in [5.74, 6) is 1.05.